The Bertz CT molecular complexity index is 445. The van der Waals surface area contributed by atoms with E-state index in [0.717, 1.165) is 38.2 Å². The molecule has 1 atom stereocenters. The van der Waals surface area contributed by atoms with Crippen LogP contribution in [0.2, 0.25) is 0 Å². The molecule has 0 aromatic heterocycles. The van der Waals surface area contributed by atoms with Gasteiger partial charge < -0.3 is 15.4 Å². The number of ether oxygens (including phenoxy) is 1. The Labute approximate surface area is 124 Å². The molecular formula is C15H23F2N3O. The van der Waals surface area contributed by atoms with E-state index in [1.807, 2.05) is 12.1 Å². The van der Waals surface area contributed by atoms with Crippen LogP contribution in [-0.4, -0.2) is 56.2 Å². The first-order valence-electron chi connectivity index (χ1n) is 7.28. The molecule has 1 saturated heterocycles. The van der Waals surface area contributed by atoms with Crippen LogP contribution in [0.5, 0.6) is 5.75 Å². The van der Waals surface area contributed by atoms with Crippen LogP contribution < -0.4 is 10.5 Å². The van der Waals surface area contributed by atoms with Gasteiger partial charge in [-0.3, -0.25) is 4.90 Å². The van der Waals surface area contributed by atoms with Gasteiger partial charge in [-0.15, -0.1) is 0 Å². The molecule has 1 fully saturated rings. The fourth-order valence-electron chi connectivity index (χ4n) is 2.81. The Morgan fingerprint density at radius 3 is 2.67 bits per heavy atom. The summed E-state index contributed by atoms with van der Waals surface area (Å²) in [7, 11) is 2.09. The van der Waals surface area contributed by atoms with E-state index in [2.05, 4.69) is 21.6 Å². The smallest absolute Gasteiger partial charge is 0.387 e. The number of alkyl halides is 2. The Balaban J connectivity index is 2.20. The minimum absolute atomic E-state index is 0.0913. The number of nitrogens with zero attached hydrogens (tertiary/aromatic N) is 2. The van der Waals surface area contributed by atoms with Gasteiger partial charge in [-0.05, 0) is 26.1 Å². The SMILES string of the molecule is CN1CCCN(C(CN)c2ccccc2OC(F)F)CC1. The quantitative estimate of drug-likeness (QED) is 0.902. The monoisotopic (exact) mass is 299 g/mol. The lowest BCUT2D eigenvalue weighted by Gasteiger charge is -2.31. The highest BCUT2D eigenvalue weighted by Crippen LogP contribution is 2.30. The molecule has 2 N–H and O–H groups in total. The summed E-state index contributed by atoms with van der Waals surface area (Å²) in [6.45, 7) is 1.35. The van der Waals surface area contributed by atoms with Crippen molar-refractivity contribution in [3.63, 3.8) is 0 Å². The largest absolute Gasteiger partial charge is 0.434 e. The van der Waals surface area contributed by atoms with Gasteiger partial charge in [-0.1, -0.05) is 18.2 Å². The molecule has 0 radical (unpaired) electrons. The number of hydrogen-bond donors (Lipinski definition) is 1. The molecule has 6 heteroatoms. The van der Waals surface area contributed by atoms with Gasteiger partial charge in [-0.25, -0.2) is 0 Å². The van der Waals surface area contributed by atoms with Gasteiger partial charge in [0.25, 0.3) is 0 Å². The minimum atomic E-state index is -2.82. The molecule has 0 amide bonds. The first-order valence-corrected chi connectivity index (χ1v) is 7.28. The molecule has 1 aliphatic heterocycles. The van der Waals surface area contributed by atoms with Crippen molar-refractivity contribution < 1.29 is 13.5 Å². The van der Waals surface area contributed by atoms with Crippen molar-refractivity contribution in [3.05, 3.63) is 29.8 Å². The van der Waals surface area contributed by atoms with Crippen LogP contribution in [0.4, 0.5) is 8.78 Å². The summed E-state index contributed by atoms with van der Waals surface area (Å²) in [6, 6.07) is 6.84. The van der Waals surface area contributed by atoms with E-state index in [0.29, 0.717) is 6.54 Å². The van der Waals surface area contributed by atoms with Crippen molar-refractivity contribution in [1.29, 1.82) is 0 Å². The third-order valence-corrected chi connectivity index (χ3v) is 3.91. The molecule has 118 valence electrons. The average molecular weight is 299 g/mol. The summed E-state index contributed by atoms with van der Waals surface area (Å²) in [5, 5.41) is 0. The predicted octanol–water partition coefficient (Wildman–Crippen LogP) is 1.93. The fourth-order valence-corrected chi connectivity index (χ4v) is 2.81. The third kappa shape index (κ3) is 4.36. The zero-order chi connectivity index (χ0) is 15.2. The number of benzene rings is 1. The Kier molecular flexibility index (Phi) is 5.90. The molecule has 1 aliphatic rings. The summed E-state index contributed by atoms with van der Waals surface area (Å²) < 4.78 is 29.8. The van der Waals surface area contributed by atoms with Crippen LogP contribution in [0.15, 0.2) is 24.3 Å². The average Bonchev–Trinajstić information content (AvgIpc) is 2.66. The van der Waals surface area contributed by atoms with Crippen LogP contribution in [-0.2, 0) is 0 Å². The van der Waals surface area contributed by atoms with Gasteiger partial charge in [0.2, 0.25) is 0 Å². The van der Waals surface area contributed by atoms with E-state index < -0.39 is 6.61 Å². The van der Waals surface area contributed by atoms with Crippen molar-refractivity contribution in [2.75, 3.05) is 39.8 Å². The molecule has 0 aliphatic carbocycles. The van der Waals surface area contributed by atoms with Crippen molar-refractivity contribution in [2.45, 2.75) is 19.1 Å². The second-order valence-electron chi connectivity index (χ2n) is 5.36. The number of nitrogens with two attached hydrogens (primary N) is 1. The summed E-state index contributed by atoms with van der Waals surface area (Å²) in [6.07, 6.45) is 1.05. The van der Waals surface area contributed by atoms with Crippen molar-refractivity contribution in [3.8, 4) is 5.75 Å². The standard InChI is InChI=1S/C15H23F2N3O/c1-19-7-4-8-20(10-9-19)13(11-18)12-5-2-3-6-14(12)21-15(16)17/h2-3,5-6,13,15H,4,7-11,18H2,1H3. The summed E-state index contributed by atoms with van der Waals surface area (Å²) in [4.78, 5) is 4.53. The number of likely N-dealkylation sites (N-methyl/N-ethyl adjacent to an activating group) is 1. The van der Waals surface area contributed by atoms with E-state index in [1.165, 1.54) is 0 Å². The van der Waals surface area contributed by atoms with E-state index in [-0.39, 0.29) is 11.8 Å². The van der Waals surface area contributed by atoms with Gasteiger partial charge in [0.1, 0.15) is 5.75 Å². The zero-order valence-corrected chi connectivity index (χ0v) is 12.3. The maximum Gasteiger partial charge on any atom is 0.387 e. The Morgan fingerprint density at radius 2 is 1.95 bits per heavy atom. The highest BCUT2D eigenvalue weighted by molar-refractivity contribution is 5.36. The molecule has 21 heavy (non-hydrogen) atoms. The number of hydrogen-bond acceptors (Lipinski definition) is 4. The number of rotatable bonds is 5. The Morgan fingerprint density at radius 1 is 1.19 bits per heavy atom. The first-order chi connectivity index (χ1) is 10.1. The van der Waals surface area contributed by atoms with Crippen LogP contribution in [0.25, 0.3) is 0 Å². The topological polar surface area (TPSA) is 41.7 Å². The molecule has 1 unspecified atom stereocenters. The van der Waals surface area contributed by atoms with Gasteiger partial charge in [0, 0.05) is 31.7 Å². The van der Waals surface area contributed by atoms with Crippen LogP contribution >= 0.6 is 0 Å². The summed E-state index contributed by atoms with van der Waals surface area (Å²) in [5.74, 6) is 0.223. The van der Waals surface area contributed by atoms with Crippen LogP contribution in [0.1, 0.15) is 18.0 Å². The van der Waals surface area contributed by atoms with Gasteiger partial charge in [0.05, 0.1) is 6.04 Å². The lowest BCUT2D eigenvalue weighted by atomic mass is 10.0. The maximum absolute atomic E-state index is 12.6. The van der Waals surface area contributed by atoms with Crippen molar-refractivity contribution in [2.24, 2.45) is 5.73 Å². The van der Waals surface area contributed by atoms with E-state index in [4.69, 9.17) is 5.73 Å². The predicted molar refractivity (Wildman–Crippen MR) is 78.6 cm³/mol. The maximum atomic E-state index is 12.6. The van der Waals surface area contributed by atoms with E-state index >= 15 is 0 Å². The second kappa shape index (κ2) is 7.68. The highest BCUT2D eigenvalue weighted by Gasteiger charge is 2.24. The second-order valence-corrected chi connectivity index (χ2v) is 5.36. The summed E-state index contributed by atoms with van der Waals surface area (Å²) in [5.41, 5.74) is 6.66. The minimum Gasteiger partial charge on any atom is -0.434 e. The molecule has 0 saturated carbocycles. The van der Waals surface area contributed by atoms with Crippen LogP contribution in [0.3, 0.4) is 0 Å². The van der Waals surface area contributed by atoms with Gasteiger partial charge in [0.15, 0.2) is 0 Å². The molecule has 0 bridgehead atoms. The molecule has 1 aromatic rings. The molecule has 0 spiro atoms. The van der Waals surface area contributed by atoms with E-state index in [1.54, 1.807) is 12.1 Å². The zero-order valence-electron chi connectivity index (χ0n) is 12.3. The normalized spacial score (nSPS) is 19.5. The number of para-hydroxylation sites is 1. The summed E-state index contributed by atoms with van der Waals surface area (Å²) >= 11 is 0. The molecule has 4 nitrogen and oxygen atoms in total. The fraction of sp³-hybridized carbons (Fsp3) is 0.600. The highest BCUT2D eigenvalue weighted by atomic mass is 19.3. The molecule has 1 heterocycles. The first kappa shape index (κ1) is 16.1. The lowest BCUT2D eigenvalue weighted by Crippen LogP contribution is -2.36. The van der Waals surface area contributed by atoms with Crippen molar-refractivity contribution >= 4 is 0 Å². The lowest BCUT2D eigenvalue weighted by molar-refractivity contribution is -0.0511. The molecule has 1 aromatic carbocycles. The van der Waals surface area contributed by atoms with Crippen molar-refractivity contribution in [1.82, 2.24) is 9.80 Å². The van der Waals surface area contributed by atoms with E-state index in [9.17, 15) is 8.78 Å². The number of halogens is 2. The molecular weight excluding hydrogens is 276 g/mol. The van der Waals surface area contributed by atoms with Gasteiger partial charge >= 0.3 is 6.61 Å². The van der Waals surface area contributed by atoms with Gasteiger partial charge in [-0.2, -0.15) is 8.78 Å². The Hall–Kier alpha value is -1.24. The van der Waals surface area contributed by atoms with Crippen LogP contribution in [0, 0.1) is 0 Å². The molecule has 2 rings (SSSR count). The third-order valence-electron chi connectivity index (χ3n) is 3.91.